The molecule has 6 rings (SSSR count). The van der Waals surface area contributed by atoms with Crippen molar-refractivity contribution < 1.29 is 19.1 Å². The molecule has 2 N–H and O–H groups in total. The van der Waals surface area contributed by atoms with E-state index in [0.717, 1.165) is 47.9 Å². The van der Waals surface area contributed by atoms with E-state index in [2.05, 4.69) is 39.3 Å². The molecule has 1 spiro atoms. The molecule has 2 fully saturated rings. The van der Waals surface area contributed by atoms with E-state index in [-0.39, 0.29) is 6.54 Å². The highest BCUT2D eigenvalue weighted by Gasteiger charge is 2.55. The zero-order chi connectivity index (χ0) is 23.1. The summed E-state index contributed by atoms with van der Waals surface area (Å²) in [6.07, 6.45) is 6.80. The number of ether oxygens (including phenoxy) is 2. The Hall–Kier alpha value is -3.78. The van der Waals surface area contributed by atoms with Crippen molar-refractivity contribution in [3.63, 3.8) is 0 Å². The number of benzene rings is 2. The largest absolute Gasteiger partial charge is 0.421 e. The molecular formula is C26H26N4O4. The van der Waals surface area contributed by atoms with Crippen LogP contribution in [0.3, 0.4) is 0 Å². The summed E-state index contributed by atoms with van der Waals surface area (Å²) in [5.74, 6) is -3.23. The molecular weight excluding hydrogens is 432 g/mol. The maximum absolute atomic E-state index is 12.1. The number of hydrogen-bond donors (Lipinski definition) is 2. The minimum Gasteiger partial charge on any atom is -0.398 e. The van der Waals surface area contributed by atoms with Crippen molar-refractivity contribution in [3.05, 3.63) is 66.5 Å². The van der Waals surface area contributed by atoms with Crippen LogP contribution in [0.4, 0.5) is 5.69 Å². The lowest BCUT2D eigenvalue weighted by Gasteiger charge is -2.45. The number of anilines is 1. The van der Waals surface area contributed by atoms with Gasteiger partial charge in [0, 0.05) is 59.5 Å². The fourth-order valence-electron chi connectivity index (χ4n) is 5.21. The quantitative estimate of drug-likeness (QED) is 0.261. The van der Waals surface area contributed by atoms with E-state index < -0.39 is 17.8 Å². The summed E-state index contributed by atoms with van der Waals surface area (Å²) < 4.78 is 11.2. The first-order valence-electron chi connectivity index (χ1n) is 11.7. The number of carbonyl (C=O) groups excluding carboxylic acids is 2. The molecule has 0 radical (unpaired) electrons. The molecule has 4 aromatic rings. The Morgan fingerprint density at radius 2 is 1.65 bits per heavy atom. The van der Waals surface area contributed by atoms with Gasteiger partial charge in [0.25, 0.3) is 0 Å². The van der Waals surface area contributed by atoms with Crippen LogP contribution in [0.1, 0.15) is 18.4 Å². The third-order valence-corrected chi connectivity index (χ3v) is 6.90. The van der Waals surface area contributed by atoms with Crippen LogP contribution < -0.4 is 4.90 Å². The number of carbonyl (C=O) groups is 2. The number of piperazine rings is 1. The molecule has 4 heterocycles. The Labute approximate surface area is 196 Å². The molecule has 2 aromatic carbocycles. The van der Waals surface area contributed by atoms with Crippen LogP contribution in [0.2, 0.25) is 0 Å². The first kappa shape index (κ1) is 20.8. The van der Waals surface area contributed by atoms with Gasteiger partial charge in [-0.15, -0.1) is 0 Å². The molecule has 0 aliphatic carbocycles. The molecule has 2 saturated heterocycles. The topological polar surface area (TPSA) is 90.7 Å². The number of aryl methyl sites for hydroxylation is 1. The van der Waals surface area contributed by atoms with Gasteiger partial charge in [0.2, 0.25) is 0 Å². The highest BCUT2D eigenvalue weighted by molar-refractivity contribution is 6.31. The monoisotopic (exact) mass is 458 g/mol. The number of nitrogens with one attached hydrogen (secondary N) is 2. The number of esters is 2. The molecule has 174 valence electrons. The van der Waals surface area contributed by atoms with Crippen LogP contribution in [0.5, 0.6) is 0 Å². The zero-order valence-electron chi connectivity index (χ0n) is 18.8. The Bertz CT molecular complexity index is 1360. The number of aromatic nitrogens is 2. The summed E-state index contributed by atoms with van der Waals surface area (Å²) in [7, 11) is 0. The summed E-state index contributed by atoms with van der Waals surface area (Å²) in [4.78, 5) is 34.8. The number of unbranched alkanes of at least 4 members (excludes halogenated alkanes) is 1. The lowest BCUT2D eigenvalue weighted by molar-refractivity contribution is -0.250. The number of fused-ring (bicyclic) bond motifs is 2. The lowest BCUT2D eigenvalue weighted by atomic mass is 10.1. The number of rotatable bonds is 6. The smallest absolute Gasteiger partial charge is 0.398 e. The van der Waals surface area contributed by atoms with Gasteiger partial charge in [0.15, 0.2) is 0 Å². The van der Waals surface area contributed by atoms with Crippen LogP contribution in [-0.4, -0.2) is 58.9 Å². The van der Waals surface area contributed by atoms with E-state index in [1.54, 1.807) is 0 Å². The Morgan fingerprint density at radius 3 is 2.53 bits per heavy atom. The van der Waals surface area contributed by atoms with Gasteiger partial charge in [-0.3, -0.25) is 0 Å². The first-order chi connectivity index (χ1) is 16.6. The maximum atomic E-state index is 12.1. The molecule has 2 aliphatic heterocycles. The predicted molar refractivity (Wildman–Crippen MR) is 128 cm³/mol. The van der Waals surface area contributed by atoms with Gasteiger partial charge in [0.05, 0.1) is 0 Å². The SMILES string of the molecule is O=C1OC2(CN(c3cccc4[nH]ccc34)CCN2CCCCc2c[nH]c3ccccc23)OC1=O. The second kappa shape index (κ2) is 8.22. The number of aromatic amines is 2. The normalized spacial score (nSPS) is 18.2. The third-order valence-electron chi connectivity index (χ3n) is 6.90. The fraction of sp³-hybridized carbons (Fsp3) is 0.308. The highest BCUT2D eigenvalue weighted by atomic mass is 16.8. The van der Waals surface area contributed by atoms with Crippen LogP contribution in [0.15, 0.2) is 60.9 Å². The zero-order valence-corrected chi connectivity index (χ0v) is 18.8. The third kappa shape index (κ3) is 3.51. The van der Waals surface area contributed by atoms with E-state index >= 15 is 0 Å². The molecule has 0 amide bonds. The number of nitrogens with zero attached hydrogens (tertiary/aromatic N) is 2. The molecule has 0 bridgehead atoms. The van der Waals surface area contributed by atoms with Gasteiger partial charge in [-0.2, -0.15) is 0 Å². The van der Waals surface area contributed by atoms with E-state index in [1.165, 1.54) is 10.9 Å². The Kier molecular flexibility index (Phi) is 5.03. The van der Waals surface area contributed by atoms with Crippen molar-refractivity contribution in [2.24, 2.45) is 0 Å². The number of para-hydroxylation sites is 1. The summed E-state index contributed by atoms with van der Waals surface area (Å²) in [5.41, 5.74) is 4.51. The van der Waals surface area contributed by atoms with E-state index in [1.807, 2.05) is 41.4 Å². The molecule has 2 aromatic heterocycles. The molecule has 2 aliphatic rings. The highest BCUT2D eigenvalue weighted by Crippen LogP contribution is 2.35. The van der Waals surface area contributed by atoms with E-state index in [4.69, 9.17) is 9.47 Å². The van der Waals surface area contributed by atoms with Gasteiger partial charge >= 0.3 is 17.8 Å². The van der Waals surface area contributed by atoms with Crippen LogP contribution in [-0.2, 0) is 25.5 Å². The minimum atomic E-state index is -1.38. The molecule has 8 nitrogen and oxygen atoms in total. The van der Waals surface area contributed by atoms with Crippen molar-refractivity contribution in [1.29, 1.82) is 0 Å². The van der Waals surface area contributed by atoms with Crippen molar-refractivity contribution >= 4 is 39.4 Å². The number of H-pyrrole nitrogens is 2. The first-order valence-corrected chi connectivity index (χ1v) is 11.7. The van der Waals surface area contributed by atoms with Crippen LogP contribution in [0.25, 0.3) is 21.8 Å². The van der Waals surface area contributed by atoms with Gasteiger partial charge in [0.1, 0.15) is 6.54 Å². The van der Waals surface area contributed by atoms with Crippen LogP contribution >= 0.6 is 0 Å². The molecule has 8 heteroatoms. The van der Waals surface area contributed by atoms with Crippen molar-refractivity contribution in [1.82, 2.24) is 14.9 Å². The fourth-order valence-corrected chi connectivity index (χ4v) is 5.21. The van der Waals surface area contributed by atoms with Gasteiger partial charge in [-0.25, -0.2) is 14.5 Å². The number of hydrogen-bond acceptors (Lipinski definition) is 6. The minimum absolute atomic E-state index is 0.275. The molecule has 0 saturated carbocycles. The van der Waals surface area contributed by atoms with E-state index in [9.17, 15) is 9.59 Å². The maximum Gasteiger partial charge on any atom is 0.421 e. The van der Waals surface area contributed by atoms with E-state index in [0.29, 0.717) is 13.1 Å². The molecule has 0 atom stereocenters. The summed E-state index contributed by atoms with van der Waals surface area (Å²) in [5, 5.41) is 2.34. The van der Waals surface area contributed by atoms with Gasteiger partial charge in [-0.05, 0) is 49.1 Å². The molecule has 0 unspecified atom stereocenters. The molecule has 34 heavy (non-hydrogen) atoms. The predicted octanol–water partition coefficient (Wildman–Crippen LogP) is 3.55. The summed E-state index contributed by atoms with van der Waals surface area (Å²) in [6, 6.07) is 16.4. The van der Waals surface area contributed by atoms with Crippen molar-refractivity contribution in [2.75, 3.05) is 31.1 Å². The van der Waals surface area contributed by atoms with Crippen molar-refractivity contribution in [3.8, 4) is 0 Å². The Morgan fingerprint density at radius 1 is 0.853 bits per heavy atom. The van der Waals surface area contributed by atoms with Gasteiger partial charge in [-0.1, -0.05) is 24.3 Å². The van der Waals surface area contributed by atoms with Crippen molar-refractivity contribution in [2.45, 2.75) is 25.2 Å². The van der Waals surface area contributed by atoms with Crippen LogP contribution in [0, 0.1) is 0 Å². The lowest BCUT2D eigenvalue weighted by Crippen LogP contribution is -2.63. The summed E-state index contributed by atoms with van der Waals surface area (Å²) >= 11 is 0. The Balaban J connectivity index is 1.16. The summed E-state index contributed by atoms with van der Waals surface area (Å²) in [6.45, 7) is 2.31. The van der Waals surface area contributed by atoms with Gasteiger partial charge < -0.3 is 24.3 Å². The second-order valence-electron chi connectivity index (χ2n) is 8.93. The average Bonchev–Trinajstić information content (AvgIpc) is 3.55. The average molecular weight is 459 g/mol. The second-order valence-corrected chi connectivity index (χ2v) is 8.93. The standard InChI is InChI=1S/C26H26N4O4/c31-24-25(32)34-26(33-24)17-29(23-10-5-9-22-20(23)11-12-27-22)14-15-30(26)13-4-3-6-18-16-28-21-8-2-1-7-19(18)21/h1-2,5,7-12,16,27-28H,3-4,6,13-15,17H2.